The van der Waals surface area contributed by atoms with Crippen molar-refractivity contribution in [2.75, 3.05) is 0 Å². The average molecular weight is 531 g/mol. The first-order chi connectivity index (χ1) is 19.0. The van der Waals surface area contributed by atoms with E-state index in [-0.39, 0.29) is 11.1 Å². The lowest BCUT2D eigenvalue weighted by Crippen LogP contribution is -2.20. The quantitative estimate of drug-likeness (QED) is 0.359. The molecule has 2 aliphatic rings. The summed E-state index contributed by atoms with van der Waals surface area (Å²) >= 11 is 0. The van der Waals surface area contributed by atoms with Gasteiger partial charge >= 0.3 is 0 Å². The molecule has 2 saturated carbocycles. The largest absolute Gasteiger partial charge is 0.293 e. The van der Waals surface area contributed by atoms with Crippen molar-refractivity contribution >= 4 is 11.6 Å². The SMILES string of the molecule is CC1(C(=O)c2ccc(F)cc2)C(c2ccc(C3C(C#N)(C#N)C3(C)C(=O)c3ccc(F)cc3)cc2)C1(C#N)C#N. The van der Waals surface area contributed by atoms with Crippen molar-refractivity contribution in [1.29, 1.82) is 21.0 Å². The number of halogens is 2. The molecule has 4 unspecified atom stereocenters. The molecule has 8 heteroatoms. The zero-order valence-corrected chi connectivity index (χ0v) is 21.4. The first-order valence-electron chi connectivity index (χ1n) is 12.4. The number of carbonyl (C=O) groups is 2. The van der Waals surface area contributed by atoms with E-state index in [4.69, 9.17) is 0 Å². The van der Waals surface area contributed by atoms with E-state index < -0.39 is 56.7 Å². The summed E-state index contributed by atoms with van der Waals surface area (Å²) in [6.07, 6.45) is 0. The standard InChI is InChI=1S/C32H20F2N4O2/c1-29(27(39)21-7-11-23(33)12-8-21)25(31(29,15-35)16-36)19-3-5-20(6-4-19)26-30(2,32(26,17-37)18-38)28(40)22-9-13-24(34)14-10-22/h3-14,25-26H,1-2H3. The zero-order valence-electron chi connectivity index (χ0n) is 21.4. The van der Waals surface area contributed by atoms with Gasteiger partial charge in [0.15, 0.2) is 22.4 Å². The second kappa shape index (κ2) is 8.67. The van der Waals surface area contributed by atoms with Gasteiger partial charge in [0.2, 0.25) is 0 Å². The molecule has 2 aliphatic carbocycles. The molecule has 2 fully saturated rings. The number of Topliss-reactive ketones (excluding diaryl/α,β-unsaturated/α-hetero) is 2. The van der Waals surface area contributed by atoms with Gasteiger partial charge in [-0.15, -0.1) is 0 Å². The van der Waals surface area contributed by atoms with Gasteiger partial charge in [0.25, 0.3) is 0 Å². The predicted octanol–water partition coefficient (Wildman–Crippen LogP) is 6.00. The second-order valence-corrected chi connectivity index (χ2v) is 10.7. The average Bonchev–Trinajstić information content (AvgIpc) is 3.77. The van der Waals surface area contributed by atoms with Gasteiger partial charge in [-0.1, -0.05) is 24.3 Å². The second-order valence-electron chi connectivity index (χ2n) is 10.7. The van der Waals surface area contributed by atoms with Crippen LogP contribution < -0.4 is 0 Å². The van der Waals surface area contributed by atoms with E-state index in [1.165, 1.54) is 24.3 Å². The maximum Gasteiger partial charge on any atom is 0.172 e. The van der Waals surface area contributed by atoms with Gasteiger partial charge < -0.3 is 0 Å². The monoisotopic (exact) mass is 530 g/mol. The molecule has 0 aromatic heterocycles. The Hall–Kier alpha value is -5.18. The van der Waals surface area contributed by atoms with Gasteiger partial charge in [0.1, 0.15) is 11.6 Å². The van der Waals surface area contributed by atoms with E-state index in [9.17, 15) is 39.4 Å². The molecule has 0 spiro atoms. The first kappa shape index (κ1) is 26.4. The molecular formula is C32H20F2N4O2. The van der Waals surface area contributed by atoms with Crippen LogP contribution in [0.5, 0.6) is 0 Å². The molecular weight excluding hydrogens is 510 g/mol. The van der Waals surface area contributed by atoms with Gasteiger partial charge in [-0.25, -0.2) is 8.78 Å². The topological polar surface area (TPSA) is 129 Å². The van der Waals surface area contributed by atoms with Crippen LogP contribution in [0.15, 0.2) is 72.8 Å². The van der Waals surface area contributed by atoms with E-state index in [2.05, 4.69) is 0 Å². The lowest BCUT2D eigenvalue weighted by atomic mass is 9.87. The highest BCUT2D eigenvalue weighted by atomic mass is 19.1. The molecule has 3 aromatic carbocycles. The predicted molar refractivity (Wildman–Crippen MR) is 137 cm³/mol. The van der Waals surface area contributed by atoms with Crippen LogP contribution in [0.2, 0.25) is 0 Å². The molecule has 0 heterocycles. The smallest absolute Gasteiger partial charge is 0.172 e. The molecule has 0 N–H and O–H groups in total. The fourth-order valence-electron chi connectivity index (χ4n) is 6.48. The first-order valence-corrected chi connectivity index (χ1v) is 12.4. The molecule has 4 atom stereocenters. The highest BCUT2D eigenvalue weighted by Crippen LogP contribution is 2.76. The summed E-state index contributed by atoms with van der Waals surface area (Å²) < 4.78 is 26.9. The minimum absolute atomic E-state index is 0.179. The van der Waals surface area contributed by atoms with E-state index in [0.29, 0.717) is 11.1 Å². The number of benzene rings is 3. The van der Waals surface area contributed by atoms with Crippen molar-refractivity contribution < 1.29 is 18.4 Å². The van der Waals surface area contributed by atoms with Crippen LogP contribution in [0.1, 0.15) is 57.5 Å². The Bertz CT molecular complexity index is 1580. The summed E-state index contributed by atoms with van der Waals surface area (Å²) in [5.41, 5.74) is -4.70. The van der Waals surface area contributed by atoms with Gasteiger partial charge in [0.05, 0.1) is 35.1 Å². The molecule has 3 aromatic rings. The third kappa shape index (κ3) is 3.14. The summed E-state index contributed by atoms with van der Waals surface area (Å²) in [5.74, 6) is -3.54. The summed E-state index contributed by atoms with van der Waals surface area (Å²) in [6.45, 7) is 3.08. The van der Waals surface area contributed by atoms with Crippen molar-refractivity contribution in [3.05, 3.63) is 107 Å². The van der Waals surface area contributed by atoms with Crippen LogP contribution in [0.25, 0.3) is 0 Å². The highest BCUT2D eigenvalue weighted by molar-refractivity contribution is 6.06. The van der Waals surface area contributed by atoms with Crippen LogP contribution >= 0.6 is 0 Å². The van der Waals surface area contributed by atoms with Crippen molar-refractivity contribution in [2.45, 2.75) is 25.7 Å². The summed E-state index contributed by atoms with van der Waals surface area (Å²) in [7, 11) is 0. The molecule has 0 saturated heterocycles. The minimum Gasteiger partial charge on any atom is -0.293 e. The minimum atomic E-state index is -1.66. The van der Waals surface area contributed by atoms with E-state index in [0.717, 1.165) is 24.3 Å². The van der Waals surface area contributed by atoms with Crippen LogP contribution in [-0.2, 0) is 0 Å². The third-order valence-electron chi connectivity index (χ3n) is 8.96. The van der Waals surface area contributed by atoms with Gasteiger partial charge in [-0.2, -0.15) is 21.0 Å². The Balaban J connectivity index is 1.50. The number of nitriles is 4. The highest BCUT2D eigenvalue weighted by Gasteiger charge is 2.81. The van der Waals surface area contributed by atoms with Crippen LogP contribution in [-0.4, -0.2) is 11.6 Å². The van der Waals surface area contributed by atoms with Crippen LogP contribution in [0.4, 0.5) is 8.78 Å². The summed E-state index contributed by atoms with van der Waals surface area (Å²) in [6, 6.07) is 24.4. The molecule has 194 valence electrons. The number of nitrogens with zero attached hydrogens (tertiary/aromatic N) is 4. The molecule has 0 bridgehead atoms. The Morgan fingerprint density at radius 2 is 0.850 bits per heavy atom. The normalized spacial score (nSPS) is 26.7. The fourth-order valence-corrected chi connectivity index (χ4v) is 6.48. The summed E-state index contributed by atoms with van der Waals surface area (Å²) in [4.78, 5) is 26.9. The maximum absolute atomic E-state index is 13.5. The molecule has 0 radical (unpaired) electrons. The molecule has 5 rings (SSSR count). The van der Waals surface area contributed by atoms with Gasteiger partial charge in [0, 0.05) is 23.0 Å². The third-order valence-corrected chi connectivity index (χ3v) is 8.96. The van der Waals surface area contributed by atoms with Gasteiger partial charge in [-0.3, -0.25) is 9.59 Å². The maximum atomic E-state index is 13.5. The number of carbonyl (C=O) groups excluding carboxylic acids is 2. The zero-order chi connectivity index (χ0) is 29.1. The number of hydrogen-bond acceptors (Lipinski definition) is 6. The molecule has 6 nitrogen and oxygen atoms in total. The Kier molecular flexibility index (Phi) is 5.73. The van der Waals surface area contributed by atoms with Crippen molar-refractivity contribution in [3.8, 4) is 24.3 Å². The molecule has 0 amide bonds. The molecule has 0 aliphatic heterocycles. The van der Waals surface area contributed by atoms with E-state index in [1.807, 2.05) is 24.3 Å². The number of rotatable bonds is 6. The number of ketones is 2. The lowest BCUT2D eigenvalue weighted by molar-refractivity contribution is 0.0887. The summed E-state index contributed by atoms with van der Waals surface area (Å²) in [5, 5.41) is 39.9. The number of hydrogen-bond donors (Lipinski definition) is 0. The fraction of sp³-hybridized carbons (Fsp3) is 0.250. The van der Waals surface area contributed by atoms with Crippen molar-refractivity contribution in [1.82, 2.24) is 0 Å². The van der Waals surface area contributed by atoms with Crippen molar-refractivity contribution in [2.24, 2.45) is 21.7 Å². The molecule has 40 heavy (non-hydrogen) atoms. The lowest BCUT2D eigenvalue weighted by Gasteiger charge is -2.12. The van der Waals surface area contributed by atoms with E-state index in [1.54, 1.807) is 38.1 Å². The Morgan fingerprint density at radius 3 is 1.10 bits per heavy atom. The van der Waals surface area contributed by atoms with Crippen LogP contribution in [0, 0.1) is 78.6 Å². The van der Waals surface area contributed by atoms with Crippen molar-refractivity contribution in [3.63, 3.8) is 0 Å². The van der Waals surface area contributed by atoms with E-state index >= 15 is 0 Å². The van der Waals surface area contributed by atoms with Gasteiger partial charge in [-0.05, 0) is 73.5 Å². The van der Waals surface area contributed by atoms with Crippen LogP contribution in [0.3, 0.4) is 0 Å². The Morgan fingerprint density at radius 1 is 0.575 bits per heavy atom. The Labute approximate surface area is 229 Å².